The predicted octanol–water partition coefficient (Wildman–Crippen LogP) is 3.78. The Bertz CT molecular complexity index is 676. The van der Waals surface area contributed by atoms with E-state index in [2.05, 4.69) is 34.5 Å². The van der Waals surface area contributed by atoms with Crippen LogP contribution in [0.1, 0.15) is 12.0 Å². The summed E-state index contributed by atoms with van der Waals surface area (Å²) in [4.78, 5) is 14.4. The molecule has 0 bridgehead atoms. The Balaban J connectivity index is 1.44. The fraction of sp³-hybridized carbons (Fsp3) is 0.350. The summed E-state index contributed by atoms with van der Waals surface area (Å²) in [5, 5.41) is 2.96. The molecular weight excluding hydrogens is 332 g/mol. The number of anilines is 2. The molecule has 1 aliphatic rings. The van der Waals surface area contributed by atoms with Crippen molar-refractivity contribution in [3.8, 4) is 0 Å². The number of hydrogen-bond donors (Lipinski definition) is 1. The lowest BCUT2D eigenvalue weighted by molar-refractivity contribution is -0.113. The molecule has 1 unspecified atom stereocenters. The van der Waals surface area contributed by atoms with Crippen LogP contribution in [-0.4, -0.2) is 38.0 Å². The average Bonchev–Trinajstić information content (AvgIpc) is 3.12. The van der Waals surface area contributed by atoms with Crippen molar-refractivity contribution in [3.05, 3.63) is 60.2 Å². The summed E-state index contributed by atoms with van der Waals surface area (Å²) in [6.45, 7) is 1.94. The highest BCUT2D eigenvalue weighted by molar-refractivity contribution is 7.99. The van der Waals surface area contributed by atoms with Crippen LogP contribution in [0.5, 0.6) is 0 Å². The topological polar surface area (TPSA) is 41.6 Å². The molecule has 1 N–H and O–H groups in total. The number of carbonyl (C=O) groups is 1. The Kier molecular flexibility index (Phi) is 6.36. The highest BCUT2D eigenvalue weighted by Crippen LogP contribution is 2.23. The van der Waals surface area contributed by atoms with Crippen LogP contribution in [0, 0.1) is 0 Å². The van der Waals surface area contributed by atoms with E-state index >= 15 is 0 Å². The SMILES string of the molecule is COC1CCN(c2ccc(NC(=O)CSCc3ccccc3)cc2)C1. The van der Waals surface area contributed by atoms with Gasteiger partial charge in [-0.25, -0.2) is 0 Å². The van der Waals surface area contributed by atoms with Crippen molar-refractivity contribution in [2.75, 3.05) is 36.2 Å². The molecule has 3 rings (SSSR count). The first-order chi connectivity index (χ1) is 12.2. The summed E-state index contributed by atoms with van der Waals surface area (Å²) < 4.78 is 5.41. The third-order valence-corrected chi connectivity index (χ3v) is 5.34. The Hall–Kier alpha value is -1.98. The highest BCUT2D eigenvalue weighted by atomic mass is 32.2. The molecule has 0 spiro atoms. The molecule has 2 aromatic rings. The van der Waals surface area contributed by atoms with Crippen LogP contribution >= 0.6 is 11.8 Å². The standard InChI is InChI=1S/C20H24N2O2S/c1-24-19-11-12-22(13-19)18-9-7-17(8-10-18)21-20(23)15-25-14-16-5-3-2-4-6-16/h2-10,19H,11-15H2,1H3,(H,21,23). The maximum Gasteiger partial charge on any atom is 0.234 e. The molecular formula is C20H24N2O2S. The molecule has 0 aromatic heterocycles. The summed E-state index contributed by atoms with van der Waals surface area (Å²) in [5.74, 6) is 1.34. The van der Waals surface area contributed by atoms with E-state index in [1.54, 1.807) is 18.9 Å². The van der Waals surface area contributed by atoms with Crippen molar-refractivity contribution in [3.63, 3.8) is 0 Å². The normalized spacial score (nSPS) is 16.8. The fourth-order valence-corrected chi connectivity index (χ4v) is 3.73. The minimum atomic E-state index is 0.0364. The smallest absolute Gasteiger partial charge is 0.234 e. The summed E-state index contributed by atoms with van der Waals surface area (Å²) in [6.07, 6.45) is 1.38. The van der Waals surface area contributed by atoms with Crippen LogP contribution in [0.4, 0.5) is 11.4 Å². The molecule has 25 heavy (non-hydrogen) atoms. The van der Waals surface area contributed by atoms with Crippen molar-refractivity contribution < 1.29 is 9.53 Å². The van der Waals surface area contributed by atoms with Crippen LogP contribution in [0.15, 0.2) is 54.6 Å². The van der Waals surface area contributed by atoms with Crippen LogP contribution < -0.4 is 10.2 Å². The molecule has 1 aliphatic heterocycles. The lowest BCUT2D eigenvalue weighted by Gasteiger charge is -2.18. The average molecular weight is 356 g/mol. The number of nitrogens with one attached hydrogen (secondary N) is 1. The van der Waals surface area contributed by atoms with Gasteiger partial charge in [0.1, 0.15) is 0 Å². The van der Waals surface area contributed by atoms with Gasteiger partial charge in [0.15, 0.2) is 0 Å². The van der Waals surface area contributed by atoms with Gasteiger partial charge < -0.3 is 15.0 Å². The number of thioether (sulfide) groups is 1. The predicted molar refractivity (Wildman–Crippen MR) is 105 cm³/mol. The first kappa shape index (κ1) is 17.8. The van der Waals surface area contributed by atoms with E-state index in [1.807, 2.05) is 30.3 Å². The zero-order chi connectivity index (χ0) is 17.5. The largest absolute Gasteiger partial charge is 0.380 e. The number of methoxy groups -OCH3 is 1. The molecule has 0 radical (unpaired) electrons. The number of hydrogen-bond acceptors (Lipinski definition) is 4. The zero-order valence-corrected chi connectivity index (χ0v) is 15.3. The van der Waals surface area contributed by atoms with Crippen molar-refractivity contribution in [2.24, 2.45) is 0 Å². The Morgan fingerprint density at radius 1 is 1.20 bits per heavy atom. The number of ether oxygens (including phenoxy) is 1. The van der Waals surface area contributed by atoms with E-state index in [4.69, 9.17) is 4.74 Å². The van der Waals surface area contributed by atoms with E-state index in [9.17, 15) is 4.79 Å². The molecule has 5 heteroatoms. The summed E-state index contributed by atoms with van der Waals surface area (Å²) in [5.41, 5.74) is 3.26. The first-order valence-electron chi connectivity index (χ1n) is 8.54. The Morgan fingerprint density at radius 2 is 1.96 bits per heavy atom. The summed E-state index contributed by atoms with van der Waals surface area (Å²) in [6, 6.07) is 18.3. The number of benzene rings is 2. The van der Waals surface area contributed by atoms with Gasteiger partial charge in [0.2, 0.25) is 5.91 Å². The van der Waals surface area contributed by atoms with Crippen LogP contribution in [-0.2, 0) is 15.3 Å². The minimum absolute atomic E-state index is 0.0364. The number of nitrogens with zero attached hydrogens (tertiary/aromatic N) is 1. The molecule has 132 valence electrons. The van der Waals surface area contributed by atoms with Gasteiger partial charge in [0.25, 0.3) is 0 Å². The fourth-order valence-electron chi connectivity index (χ4n) is 2.94. The molecule has 1 saturated heterocycles. The van der Waals surface area contributed by atoms with Gasteiger partial charge in [-0.15, -0.1) is 11.8 Å². The molecule has 0 saturated carbocycles. The third-order valence-electron chi connectivity index (χ3n) is 4.34. The second-order valence-corrected chi connectivity index (χ2v) is 7.15. The maximum atomic E-state index is 12.1. The molecule has 1 heterocycles. The Morgan fingerprint density at radius 3 is 2.64 bits per heavy atom. The van der Waals surface area contributed by atoms with E-state index in [0.29, 0.717) is 11.9 Å². The van der Waals surface area contributed by atoms with E-state index < -0.39 is 0 Å². The van der Waals surface area contributed by atoms with Crippen LogP contribution in [0.3, 0.4) is 0 Å². The van der Waals surface area contributed by atoms with Gasteiger partial charge >= 0.3 is 0 Å². The molecule has 1 atom stereocenters. The second-order valence-electron chi connectivity index (χ2n) is 6.17. The quantitative estimate of drug-likeness (QED) is 0.820. The number of amides is 1. The second kappa shape index (κ2) is 8.92. The summed E-state index contributed by atoms with van der Waals surface area (Å²) in [7, 11) is 1.77. The lowest BCUT2D eigenvalue weighted by atomic mass is 10.2. The highest BCUT2D eigenvalue weighted by Gasteiger charge is 2.22. The number of carbonyl (C=O) groups excluding carboxylic acids is 1. The zero-order valence-electron chi connectivity index (χ0n) is 14.5. The minimum Gasteiger partial charge on any atom is -0.380 e. The molecule has 1 fully saturated rings. The van der Waals surface area contributed by atoms with Crippen LogP contribution in [0.2, 0.25) is 0 Å². The van der Waals surface area contributed by atoms with Crippen molar-refractivity contribution in [2.45, 2.75) is 18.3 Å². The van der Waals surface area contributed by atoms with Crippen molar-refractivity contribution in [1.29, 1.82) is 0 Å². The Labute approximate surface area is 153 Å². The van der Waals surface area contributed by atoms with Crippen molar-refractivity contribution >= 4 is 29.0 Å². The maximum absolute atomic E-state index is 12.1. The molecule has 1 amide bonds. The molecule has 0 aliphatic carbocycles. The molecule has 4 nitrogen and oxygen atoms in total. The van der Waals surface area contributed by atoms with Crippen LogP contribution in [0.25, 0.3) is 0 Å². The lowest BCUT2D eigenvalue weighted by Crippen LogP contribution is -2.22. The van der Waals surface area contributed by atoms with E-state index in [0.717, 1.165) is 31.0 Å². The first-order valence-corrected chi connectivity index (χ1v) is 9.69. The third kappa shape index (κ3) is 5.25. The molecule has 2 aromatic carbocycles. The monoisotopic (exact) mass is 356 g/mol. The van der Waals surface area contributed by atoms with E-state index in [-0.39, 0.29) is 5.91 Å². The van der Waals surface area contributed by atoms with Gasteiger partial charge in [0.05, 0.1) is 11.9 Å². The van der Waals surface area contributed by atoms with Gasteiger partial charge in [0, 0.05) is 37.3 Å². The van der Waals surface area contributed by atoms with Gasteiger partial charge in [-0.1, -0.05) is 30.3 Å². The number of rotatable bonds is 7. The van der Waals surface area contributed by atoms with Crippen molar-refractivity contribution in [1.82, 2.24) is 0 Å². The van der Waals surface area contributed by atoms with Gasteiger partial charge in [-0.05, 0) is 36.2 Å². The van der Waals surface area contributed by atoms with E-state index in [1.165, 1.54) is 11.3 Å². The summed E-state index contributed by atoms with van der Waals surface area (Å²) >= 11 is 1.63. The van der Waals surface area contributed by atoms with Gasteiger partial charge in [-0.3, -0.25) is 4.79 Å². The van der Waals surface area contributed by atoms with Gasteiger partial charge in [-0.2, -0.15) is 0 Å².